The summed E-state index contributed by atoms with van der Waals surface area (Å²) >= 11 is 1.27. The van der Waals surface area contributed by atoms with Crippen molar-refractivity contribution < 1.29 is 33.3 Å². The maximum Gasteiger partial charge on any atom is 0.433 e. The second-order valence-electron chi connectivity index (χ2n) is 9.03. The first-order chi connectivity index (χ1) is 17.0. The van der Waals surface area contributed by atoms with Gasteiger partial charge in [-0.25, -0.2) is 15.0 Å². The van der Waals surface area contributed by atoms with Crippen molar-refractivity contribution in [3.05, 3.63) is 52.9 Å². The van der Waals surface area contributed by atoms with E-state index >= 15 is 0 Å². The zero-order valence-electron chi connectivity index (χ0n) is 19.3. The van der Waals surface area contributed by atoms with Crippen LogP contribution in [0.25, 0.3) is 10.4 Å². The van der Waals surface area contributed by atoms with Crippen LogP contribution in [-0.2, 0) is 23.2 Å². The number of rotatable bonds is 7. The summed E-state index contributed by atoms with van der Waals surface area (Å²) in [4.78, 5) is 23.7. The number of anilines is 2. The number of nitrogens with one attached hydrogen (secondary N) is 1. The minimum absolute atomic E-state index is 0.133. The highest BCUT2D eigenvalue weighted by Crippen LogP contribution is 2.43. The molecule has 0 spiro atoms. The molecule has 192 valence electrons. The molecule has 1 aromatic carbocycles. The van der Waals surface area contributed by atoms with Gasteiger partial charge in [-0.2, -0.15) is 13.2 Å². The highest BCUT2D eigenvalue weighted by Gasteiger charge is 2.40. The molecule has 1 aliphatic carbocycles. The number of halogens is 3. The first-order valence-electron chi connectivity index (χ1n) is 11.3. The molecule has 0 aliphatic heterocycles. The number of aromatic nitrogens is 3. The number of thiazole rings is 1. The van der Waals surface area contributed by atoms with E-state index in [1.807, 2.05) is 0 Å². The number of aliphatic carboxylic acids is 1. The fraction of sp³-hybridized carbons (Fsp3) is 0.417. The van der Waals surface area contributed by atoms with Crippen LogP contribution in [0.3, 0.4) is 0 Å². The normalized spacial score (nSPS) is 20.1. The van der Waals surface area contributed by atoms with E-state index in [0.717, 1.165) is 12.3 Å². The smallest absolute Gasteiger partial charge is 0.433 e. The molecule has 1 aliphatic rings. The molecule has 4 N–H and O–H groups in total. The van der Waals surface area contributed by atoms with Gasteiger partial charge in [0, 0.05) is 18.1 Å². The van der Waals surface area contributed by atoms with Gasteiger partial charge in [0.05, 0.1) is 17.4 Å². The third-order valence-corrected chi connectivity index (χ3v) is 7.75. The molecule has 2 heterocycles. The Balaban J connectivity index is 1.57. The summed E-state index contributed by atoms with van der Waals surface area (Å²) in [5.41, 5.74) is -0.788. The van der Waals surface area contributed by atoms with Crippen LogP contribution in [-0.4, -0.2) is 36.2 Å². The zero-order chi connectivity index (χ0) is 26.1. The molecule has 0 saturated heterocycles. The van der Waals surface area contributed by atoms with Crippen molar-refractivity contribution in [3.8, 4) is 10.4 Å². The first-order valence-corrected chi connectivity index (χ1v) is 12.1. The van der Waals surface area contributed by atoms with E-state index in [1.54, 1.807) is 31.3 Å². The molecule has 2 aromatic heterocycles. The van der Waals surface area contributed by atoms with Crippen LogP contribution in [0.15, 0.2) is 36.7 Å². The zero-order valence-corrected chi connectivity index (χ0v) is 20.1. The van der Waals surface area contributed by atoms with Gasteiger partial charge in [-0.05, 0) is 73.9 Å². The van der Waals surface area contributed by atoms with Crippen LogP contribution >= 0.6 is 11.3 Å². The number of benzene rings is 1. The van der Waals surface area contributed by atoms with Crippen molar-refractivity contribution in [2.75, 3.05) is 5.32 Å². The molecule has 1 fully saturated rings. The molecule has 0 unspecified atom stereocenters. The number of carbonyl (C=O) groups is 1. The van der Waals surface area contributed by atoms with Gasteiger partial charge >= 0.3 is 12.1 Å². The minimum Gasteiger partial charge on any atom is -0.481 e. The van der Waals surface area contributed by atoms with Crippen LogP contribution < -0.4 is 5.32 Å². The van der Waals surface area contributed by atoms with Gasteiger partial charge < -0.3 is 20.6 Å². The Hall–Kier alpha value is -3.09. The molecule has 1 atom stereocenters. The Morgan fingerprint density at radius 3 is 2.53 bits per heavy atom. The van der Waals surface area contributed by atoms with E-state index < -0.39 is 29.4 Å². The largest absolute Gasteiger partial charge is 0.481 e. The van der Waals surface area contributed by atoms with Crippen molar-refractivity contribution in [1.29, 1.82) is 0 Å². The Labute approximate surface area is 208 Å². The second-order valence-corrected chi connectivity index (χ2v) is 10.1. The van der Waals surface area contributed by atoms with Crippen molar-refractivity contribution in [3.63, 3.8) is 0 Å². The molecular weight excluding hydrogens is 497 g/mol. The van der Waals surface area contributed by atoms with Crippen LogP contribution in [0.4, 0.5) is 24.8 Å². The quantitative estimate of drug-likeness (QED) is 0.343. The molecule has 0 radical (unpaired) electrons. The Morgan fingerprint density at radius 1 is 1.17 bits per heavy atom. The van der Waals surface area contributed by atoms with Gasteiger partial charge in [-0.15, -0.1) is 11.3 Å². The van der Waals surface area contributed by atoms with Gasteiger partial charge in [-0.3, -0.25) is 4.79 Å². The molecular formula is C24H25F3N4O4S. The lowest BCUT2D eigenvalue weighted by molar-refractivity contribution is -0.144. The van der Waals surface area contributed by atoms with E-state index in [1.165, 1.54) is 11.3 Å². The van der Waals surface area contributed by atoms with Gasteiger partial charge in [-0.1, -0.05) is 0 Å². The van der Waals surface area contributed by atoms with Crippen molar-refractivity contribution in [2.24, 2.45) is 11.8 Å². The average Bonchev–Trinajstić information content (AvgIpc) is 3.35. The van der Waals surface area contributed by atoms with Crippen LogP contribution in [0.2, 0.25) is 0 Å². The monoisotopic (exact) mass is 522 g/mol. The number of hydrogen-bond acceptors (Lipinski definition) is 8. The van der Waals surface area contributed by atoms with E-state index in [9.17, 15) is 33.3 Å². The van der Waals surface area contributed by atoms with Crippen molar-refractivity contribution >= 4 is 28.9 Å². The lowest BCUT2D eigenvalue weighted by Crippen LogP contribution is -2.35. The predicted octanol–water partition coefficient (Wildman–Crippen LogP) is 4.95. The lowest BCUT2D eigenvalue weighted by atomic mass is 9.74. The number of aliphatic hydroxyl groups excluding tert-OH is 1. The highest BCUT2D eigenvalue weighted by atomic mass is 32.1. The maximum atomic E-state index is 13.0. The van der Waals surface area contributed by atoms with Gasteiger partial charge in [0.25, 0.3) is 0 Å². The third-order valence-electron chi connectivity index (χ3n) is 6.47. The summed E-state index contributed by atoms with van der Waals surface area (Å²) < 4.78 is 39.0. The number of aliphatic hydroxyl groups is 2. The summed E-state index contributed by atoms with van der Waals surface area (Å²) in [6.07, 6.45) is 0.141. The summed E-state index contributed by atoms with van der Waals surface area (Å²) in [5, 5.41) is 33.5. The van der Waals surface area contributed by atoms with Crippen LogP contribution in [0.5, 0.6) is 0 Å². The molecule has 3 aromatic rings. The van der Waals surface area contributed by atoms with Crippen LogP contribution in [0.1, 0.15) is 48.9 Å². The molecule has 36 heavy (non-hydrogen) atoms. The first kappa shape index (κ1) is 26.0. The number of alkyl halides is 3. The number of hydrogen-bond donors (Lipinski definition) is 4. The molecule has 4 rings (SSSR count). The maximum absolute atomic E-state index is 13.0. The van der Waals surface area contributed by atoms with E-state index in [4.69, 9.17) is 0 Å². The van der Waals surface area contributed by atoms with E-state index in [2.05, 4.69) is 20.3 Å². The SMILES string of the molecule is C[C@](O)(c1ncc(-c2cc(CO)cc(Nc3nccc(C(F)(F)F)n3)c2)s1)C1CCC(C(=O)O)CC1. The van der Waals surface area contributed by atoms with Gasteiger partial charge in [0.1, 0.15) is 16.3 Å². The lowest BCUT2D eigenvalue weighted by Gasteiger charge is -2.35. The molecule has 1 saturated carbocycles. The fourth-order valence-corrected chi connectivity index (χ4v) is 5.45. The molecule has 0 amide bonds. The van der Waals surface area contributed by atoms with Crippen molar-refractivity contribution in [2.45, 2.75) is 51.0 Å². The summed E-state index contributed by atoms with van der Waals surface area (Å²) in [7, 11) is 0. The van der Waals surface area contributed by atoms with E-state index in [0.29, 0.717) is 52.4 Å². The predicted molar refractivity (Wildman–Crippen MR) is 126 cm³/mol. The van der Waals surface area contributed by atoms with Gasteiger partial charge in [0.2, 0.25) is 5.95 Å². The standard InChI is InChI=1S/C24H25F3N4O4S/c1-23(35,16-4-2-14(3-5-16)20(33)34)21-29-11-18(36-21)15-8-13(12-32)9-17(10-15)30-22-28-7-6-19(31-22)24(25,26)27/h6-11,14,16,32,35H,2-5,12H2,1H3,(H,33,34)(H,28,30,31)/t14?,16?,23-/m1/s1. The van der Waals surface area contributed by atoms with Gasteiger partial charge in [0.15, 0.2) is 0 Å². The summed E-state index contributed by atoms with van der Waals surface area (Å²) in [5.74, 6) is -1.58. The molecule has 0 bridgehead atoms. The third kappa shape index (κ3) is 5.66. The number of nitrogens with zero attached hydrogens (tertiary/aromatic N) is 3. The minimum atomic E-state index is -4.61. The molecule has 12 heteroatoms. The van der Waals surface area contributed by atoms with Crippen LogP contribution in [0, 0.1) is 11.8 Å². The Bertz CT molecular complexity index is 1240. The average molecular weight is 523 g/mol. The Kier molecular flexibility index (Phi) is 7.30. The summed E-state index contributed by atoms with van der Waals surface area (Å²) in [6, 6.07) is 5.75. The Morgan fingerprint density at radius 2 is 1.89 bits per heavy atom. The number of carboxylic acids is 1. The summed E-state index contributed by atoms with van der Waals surface area (Å²) in [6.45, 7) is 1.38. The topological polar surface area (TPSA) is 128 Å². The van der Waals surface area contributed by atoms with Crippen molar-refractivity contribution in [1.82, 2.24) is 15.0 Å². The highest BCUT2D eigenvalue weighted by molar-refractivity contribution is 7.15. The fourth-order valence-electron chi connectivity index (χ4n) is 4.42. The second kappa shape index (κ2) is 10.1. The molecule has 8 nitrogen and oxygen atoms in total. The number of carboxylic acid groups (broad SMARTS) is 1. The van der Waals surface area contributed by atoms with E-state index in [-0.39, 0.29) is 18.5 Å².